The van der Waals surface area contributed by atoms with E-state index in [0.29, 0.717) is 0 Å². The third-order valence-electron chi connectivity index (χ3n) is 9.94. The molecule has 0 aliphatic carbocycles. The van der Waals surface area contributed by atoms with E-state index in [-0.39, 0.29) is 0 Å². The van der Waals surface area contributed by atoms with Crippen molar-refractivity contribution in [2.24, 2.45) is 0 Å². The first-order valence-electron chi connectivity index (χ1n) is 16.3. The van der Waals surface area contributed by atoms with Crippen LogP contribution >= 0.6 is 0 Å². The van der Waals surface area contributed by atoms with Crippen LogP contribution in [0.3, 0.4) is 0 Å². The number of fused-ring (bicyclic) bond motifs is 11. The molecule has 11 rings (SSSR count). The van der Waals surface area contributed by atoms with Crippen LogP contribution in [0.5, 0.6) is 0 Å². The van der Waals surface area contributed by atoms with Crippen molar-refractivity contribution in [3.8, 4) is 22.5 Å². The van der Waals surface area contributed by atoms with Crippen LogP contribution in [0.2, 0.25) is 0 Å². The van der Waals surface area contributed by atoms with Gasteiger partial charge in [-0.05, 0) is 77.9 Å². The summed E-state index contributed by atoms with van der Waals surface area (Å²) in [6.45, 7) is 0. The van der Waals surface area contributed by atoms with Crippen molar-refractivity contribution in [3.63, 3.8) is 0 Å². The highest BCUT2D eigenvalue weighted by Gasteiger charge is 2.19. The third kappa shape index (κ3) is 3.49. The number of hydrogen-bond donors (Lipinski definition) is 0. The Hall–Kier alpha value is -6.52. The molecule has 0 amide bonds. The van der Waals surface area contributed by atoms with Gasteiger partial charge in [0.25, 0.3) is 0 Å². The van der Waals surface area contributed by atoms with Crippen LogP contribution in [0, 0.1) is 0 Å². The number of rotatable bonds is 3. The lowest BCUT2D eigenvalue weighted by atomic mass is 10.0. The Morgan fingerprint density at radius 3 is 1.73 bits per heavy atom. The molecular weight excluding hydrogens is 588 g/mol. The SMILES string of the molecule is c1ccc2c(c1)oc1ccc(-n3c4ccccc4c4cc(-c5ccc(-n6c7ccccc7c7c8ccccc8oc76)cc5)ccc43)cc12. The zero-order chi connectivity index (χ0) is 31.3. The molecule has 0 spiro atoms. The maximum atomic E-state index is 6.46. The fourth-order valence-corrected chi connectivity index (χ4v) is 7.78. The highest BCUT2D eigenvalue weighted by molar-refractivity contribution is 6.20. The Balaban J connectivity index is 1.05. The first-order valence-corrected chi connectivity index (χ1v) is 16.3. The molecule has 0 saturated heterocycles. The van der Waals surface area contributed by atoms with Crippen molar-refractivity contribution in [2.45, 2.75) is 0 Å². The fraction of sp³-hybridized carbons (Fsp3) is 0. The van der Waals surface area contributed by atoms with Crippen molar-refractivity contribution in [3.05, 3.63) is 158 Å². The Bertz CT molecular complexity index is 3060. The van der Waals surface area contributed by atoms with Gasteiger partial charge in [0.15, 0.2) is 0 Å². The van der Waals surface area contributed by atoms with Crippen LogP contribution < -0.4 is 0 Å². The number of benzene rings is 7. The van der Waals surface area contributed by atoms with Gasteiger partial charge < -0.3 is 13.4 Å². The van der Waals surface area contributed by atoms with Crippen molar-refractivity contribution in [1.82, 2.24) is 9.13 Å². The van der Waals surface area contributed by atoms with Gasteiger partial charge in [-0.1, -0.05) is 91.0 Å². The standard InChI is InChI=1S/C44H26N2O2/c1-5-13-37-31(9-1)35-25-28(19-23-39(35)45(37)30-22-24-42-36(26-30)32-10-3-7-15-40(32)47-42)27-17-20-29(21-18-27)46-38-14-6-2-11-33(38)43-34-12-4-8-16-41(34)48-44(43)46/h1-26H. The number of nitrogens with zero attached hydrogens (tertiary/aromatic N) is 2. The smallest absolute Gasteiger partial charge is 0.213 e. The summed E-state index contributed by atoms with van der Waals surface area (Å²) in [6, 6.07) is 55.9. The lowest BCUT2D eigenvalue weighted by Crippen LogP contribution is -1.94. The highest BCUT2D eigenvalue weighted by Crippen LogP contribution is 2.40. The molecule has 0 saturated carbocycles. The maximum absolute atomic E-state index is 6.46. The second-order valence-electron chi connectivity index (χ2n) is 12.5. The zero-order valence-electron chi connectivity index (χ0n) is 25.7. The predicted molar refractivity (Wildman–Crippen MR) is 198 cm³/mol. The summed E-state index contributed by atoms with van der Waals surface area (Å²) in [5, 5.41) is 8.22. The minimum absolute atomic E-state index is 0.876. The molecule has 4 heteroatoms. The molecule has 7 aromatic carbocycles. The van der Waals surface area contributed by atoms with Gasteiger partial charge in [-0.25, -0.2) is 0 Å². The van der Waals surface area contributed by atoms with Crippen LogP contribution in [-0.4, -0.2) is 9.13 Å². The van der Waals surface area contributed by atoms with E-state index in [0.717, 1.165) is 60.9 Å². The first kappa shape index (κ1) is 25.6. The molecule has 0 fully saturated rings. The second kappa shape index (κ2) is 9.50. The van der Waals surface area contributed by atoms with Gasteiger partial charge in [-0.15, -0.1) is 0 Å². The summed E-state index contributed by atoms with van der Waals surface area (Å²) in [5.74, 6) is 0. The highest BCUT2D eigenvalue weighted by atomic mass is 16.3. The van der Waals surface area contributed by atoms with Crippen LogP contribution in [0.1, 0.15) is 0 Å². The van der Waals surface area contributed by atoms with E-state index in [2.05, 4.69) is 143 Å². The van der Waals surface area contributed by atoms with Crippen molar-refractivity contribution in [2.75, 3.05) is 0 Å². The van der Waals surface area contributed by atoms with E-state index in [1.54, 1.807) is 0 Å². The third-order valence-corrected chi connectivity index (χ3v) is 9.94. The first-order chi connectivity index (χ1) is 23.8. The summed E-state index contributed by atoms with van der Waals surface area (Å²) in [4.78, 5) is 0. The summed E-state index contributed by atoms with van der Waals surface area (Å²) >= 11 is 0. The van der Waals surface area contributed by atoms with Gasteiger partial charge in [0, 0.05) is 43.7 Å². The van der Waals surface area contributed by atoms with Crippen LogP contribution in [0.4, 0.5) is 0 Å². The Morgan fingerprint density at radius 1 is 0.333 bits per heavy atom. The topological polar surface area (TPSA) is 36.1 Å². The Labute approximate surface area is 274 Å². The summed E-state index contributed by atoms with van der Waals surface area (Å²) in [7, 11) is 0. The predicted octanol–water partition coefficient (Wildman–Crippen LogP) is 12.2. The van der Waals surface area contributed by atoms with E-state index >= 15 is 0 Å². The van der Waals surface area contributed by atoms with Crippen LogP contribution in [0.25, 0.3) is 99.2 Å². The number of aromatic nitrogens is 2. The molecule has 4 heterocycles. The zero-order valence-corrected chi connectivity index (χ0v) is 25.7. The molecule has 0 bridgehead atoms. The van der Waals surface area contributed by atoms with Crippen molar-refractivity contribution < 1.29 is 8.83 Å². The monoisotopic (exact) mass is 614 g/mol. The molecule has 4 nitrogen and oxygen atoms in total. The van der Waals surface area contributed by atoms with E-state index in [4.69, 9.17) is 8.83 Å². The van der Waals surface area contributed by atoms with Crippen LogP contribution in [0.15, 0.2) is 167 Å². The largest absolute Gasteiger partial charge is 0.456 e. The minimum Gasteiger partial charge on any atom is -0.456 e. The van der Waals surface area contributed by atoms with E-state index in [9.17, 15) is 0 Å². The Morgan fingerprint density at radius 2 is 0.917 bits per heavy atom. The molecule has 0 unspecified atom stereocenters. The minimum atomic E-state index is 0.876. The van der Waals surface area contributed by atoms with E-state index in [1.165, 1.54) is 38.3 Å². The van der Waals surface area contributed by atoms with Crippen molar-refractivity contribution >= 4 is 76.7 Å². The van der Waals surface area contributed by atoms with E-state index in [1.807, 2.05) is 24.3 Å². The molecule has 48 heavy (non-hydrogen) atoms. The maximum Gasteiger partial charge on any atom is 0.213 e. The van der Waals surface area contributed by atoms with Gasteiger partial charge in [0.2, 0.25) is 5.71 Å². The fourth-order valence-electron chi connectivity index (χ4n) is 7.78. The summed E-state index contributed by atoms with van der Waals surface area (Å²) in [5.41, 5.74) is 11.6. The number of para-hydroxylation sites is 4. The normalized spacial score (nSPS) is 12.2. The molecule has 0 aliphatic heterocycles. The van der Waals surface area contributed by atoms with Crippen molar-refractivity contribution in [1.29, 1.82) is 0 Å². The molecular formula is C44H26N2O2. The number of furan rings is 2. The Kier molecular flexibility index (Phi) is 5.08. The second-order valence-corrected chi connectivity index (χ2v) is 12.5. The van der Waals surface area contributed by atoms with Crippen LogP contribution in [-0.2, 0) is 0 Å². The van der Waals surface area contributed by atoms with Gasteiger partial charge in [0.05, 0.1) is 21.9 Å². The average Bonchev–Trinajstić information content (AvgIpc) is 3.88. The van der Waals surface area contributed by atoms with Gasteiger partial charge in [0.1, 0.15) is 16.7 Å². The quantitative estimate of drug-likeness (QED) is 0.198. The van der Waals surface area contributed by atoms with Gasteiger partial charge in [-0.3, -0.25) is 4.57 Å². The number of hydrogen-bond acceptors (Lipinski definition) is 2. The average molecular weight is 615 g/mol. The van der Waals surface area contributed by atoms with E-state index < -0.39 is 0 Å². The molecule has 0 radical (unpaired) electrons. The molecule has 224 valence electrons. The van der Waals surface area contributed by atoms with Gasteiger partial charge in [-0.2, -0.15) is 0 Å². The summed E-state index contributed by atoms with van der Waals surface area (Å²) in [6.07, 6.45) is 0. The lowest BCUT2D eigenvalue weighted by molar-refractivity contribution is 0.645. The molecule has 4 aromatic heterocycles. The molecule has 0 atom stereocenters. The lowest BCUT2D eigenvalue weighted by Gasteiger charge is -2.10. The van der Waals surface area contributed by atoms with Gasteiger partial charge >= 0.3 is 0 Å². The summed E-state index contributed by atoms with van der Waals surface area (Å²) < 4.78 is 17.2. The molecule has 0 N–H and O–H groups in total. The molecule has 0 aliphatic rings. The molecule has 11 aromatic rings.